The number of carbonyl (C=O) groups is 2. The second-order valence-electron chi connectivity index (χ2n) is 6.44. The van der Waals surface area contributed by atoms with Crippen molar-refractivity contribution in [3.05, 3.63) is 24.3 Å². The molecule has 0 unspecified atom stereocenters. The lowest BCUT2D eigenvalue weighted by Crippen LogP contribution is -2.39. The number of hydrogen-bond acceptors (Lipinski definition) is 5. The predicted molar refractivity (Wildman–Crippen MR) is 97.4 cm³/mol. The molecule has 0 spiro atoms. The molecule has 9 heteroatoms. The predicted octanol–water partition coefficient (Wildman–Crippen LogP) is 0.850. The minimum atomic E-state index is -3.27. The highest BCUT2D eigenvalue weighted by Gasteiger charge is 2.26. The van der Waals surface area contributed by atoms with Gasteiger partial charge in [0, 0.05) is 25.4 Å². The Kier molecular flexibility index (Phi) is 5.77. The molecule has 1 aromatic rings. The van der Waals surface area contributed by atoms with Gasteiger partial charge < -0.3 is 15.4 Å². The summed E-state index contributed by atoms with van der Waals surface area (Å²) in [6.45, 7) is 1.46. The molecule has 142 valence electrons. The van der Waals surface area contributed by atoms with E-state index in [1.54, 1.807) is 24.3 Å². The molecule has 26 heavy (non-hydrogen) atoms. The van der Waals surface area contributed by atoms with Crippen LogP contribution in [0.4, 0.5) is 11.4 Å². The molecule has 2 aliphatic rings. The number of anilines is 2. The van der Waals surface area contributed by atoms with Gasteiger partial charge in [0.2, 0.25) is 10.0 Å². The zero-order valence-corrected chi connectivity index (χ0v) is 15.3. The molecule has 8 nitrogen and oxygen atoms in total. The van der Waals surface area contributed by atoms with Gasteiger partial charge in [0.25, 0.3) is 0 Å². The maximum atomic E-state index is 12.1. The van der Waals surface area contributed by atoms with E-state index in [-0.39, 0.29) is 11.9 Å². The molecule has 0 saturated carbocycles. The van der Waals surface area contributed by atoms with Gasteiger partial charge in [-0.05, 0) is 49.9 Å². The minimum absolute atomic E-state index is 0.0301. The third-order valence-corrected chi connectivity index (χ3v) is 6.35. The van der Waals surface area contributed by atoms with Crippen molar-refractivity contribution in [2.75, 3.05) is 35.1 Å². The summed E-state index contributed by atoms with van der Waals surface area (Å²) in [5, 5.41) is 5.06. The maximum absolute atomic E-state index is 12.1. The Morgan fingerprint density at radius 1 is 1.12 bits per heavy atom. The SMILES string of the molecule is O=C(NC[C@H]1CCCO1)C(=O)Nc1ccc(N2CCCCS2(=O)=O)cc1. The highest BCUT2D eigenvalue weighted by Crippen LogP contribution is 2.24. The Hall–Kier alpha value is -2.13. The molecule has 2 saturated heterocycles. The maximum Gasteiger partial charge on any atom is 0.313 e. The lowest BCUT2D eigenvalue weighted by atomic mass is 10.2. The molecule has 1 atom stereocenters. The van der Waals surface area contributed by atoms with Gasteiger partial charge in [0.15, 0.2) is 0 Å². The van der Waals surface area contributed by atoms with Crippen LogP contribution >= 0.6 is 0 Å². The first kappa shape index (κ1) is 18.7. The second-order valence-corrected chi connectivity index (χ2v) is 8.45. The van der Waals surface area contributed by atoms with Crippen molar-refractivity contribution in [1.82, 2.24) is 5.32 Å². The van der Waals surface area contributed by atoms with Crippen LogP contribution < -0.4 is 14.9 Å². The van der Waals surface area contributed by atoms with Crippen molar-refractivity contribution < 1.29 is 22.7 Å². The normalized spacial score (nSPS) is 22.0. The summed E-state index contributed by atoms with van der Waals surface area (Å²) in [7, 11) is -3.27. The van der Waals surface area contributed by atoms with Gasteiger partial charge in [-0.2, -0.15) is 0 Å². The fraction of sp³-hybridized carbons (Fsp3) is 0.529. The fourth-order valence-corrected chi connectivity index (χ4v) is 4.71. The van der Waals surface area contributed by atoms with Crippen molar-refractivity contribution in [1.29, 1.82) is 0 Å². The van der Waals surface area contributed by atoms with Crippen molar-refractivity contribution >= 4 is 33.2 Å². The number of nitrogens with zero attached hydrogens (tertiary/aromatic N) is 1. The van der Waals surface area contributed by atoms with Crippen LogP contribution in [0.2, 0.25) is 0 Å². The Morgan fingerprint density at radius 3 is 2.54 bits per heavy atom. The van der Waals surface area contributed by atoms with Gasteiger partial charge >= 0.3 is 11.8 Å². The summed E-state index contributed by atoms with van der Waals surface area (Å²) >= 11 is 0. The van der Waals surface area contributed by atoms with Gasteiger partial charge in [0.1, 0.15) is 0 Å². The number of carbonyl (C=O) groups excluding carboxylic acids is 2. The number of hydrogen-bond donors (Lipinski definition) is 2. The average molecular weight is 381 g/mol. The molecule has 3 rings (SSSR count). The number of amides is 2. The Bertz CT molecular complexity index is 757. The number of rotatable bonds is 4. The summed E-state index contributed by atoms with van der Waals surface area (Å²) < 4.78 is 31.0. The fourth-order valence-electron chi connectivity index (χ4n) is 3.07. The van der Waals surface area contributed by atoms with Gasteiger partial charge in [0.05, 0.1) is 17.5 Å². The van der Waals surface area contributed by atoms with Gasteiger partial charge in [-0.15, -0.1) is 0 Å². The molecule has 1 aromatic carbocycles. The summed E-state index contributed by atoms with van der Waals surface area (Å²) in [4.78, 5) is 23.8. The smallest absolute Gasteiger partial charge is 0.313 e. The Labute approximate surface area is 152 Å². The zero-order valence-electron chi connectivity index (χ0n) is 14.4. The molecule has 0 aromatic heterocycles. The molecule has 2 aliphatic heterocycles. The minimum Gasteiger partial charge on any atom is -0.376 e. The molecular weight excluding hydrogens is 358 g/mol. The van der Waals surface area contributed by atoms with E-state index in [4.69, 9.17) is 4.74 Å². The molecule has 2 amide bonds. The molecule has 0 aliphatic carbocycles. The quantitative estimate of drug-likeness (QED) is 0.753. The topological polar surface area (TPSA) is 105 Å². The van der Waals surface area contributed by atoms with Crippen LogP contribution in [0, 0.1) is 0 Å². The van der Waals surface area contributed by atoms with Crippen LogP contribution in [0.5, 0.6) is 0 Å². The largest absolute Gasteiger partial charge is 0.376 e. The van der Waals surface area contributed by atoms with E-state index < -0.39 is 21.8 Å². The van der Waals surface area contributed by atoms with Gasteiger partial charge in [-0.25, -0.2) is 8.42 Å². The number of nitrogens with one attached hydrogen (secondary N) is 2. The van der Waals surface area contributed by atoms with Crippen molar-refractivity contribution in [2.45, 2.75) is 31.8 Å². The Balaban J connectivity index is 1.54. The lowest BCUT2D eigenvalue weighted by molar-refractivity contribution is -0.136. The van der Waals surface area contributed by atoms with E-state index in [0.717, 1.165) is 19.3 Å². The third kappa shape index (κ3) is 4.53. The standard InChI is InChI=1S/C17H23N3O5S/c21-16(18-12-15-4-3-10-25-15)17(22)19-13-5-7-14(8-6-13)20-9-1-2-11-26(20,23)24/h5-8,15H,1-4,9-12H2,(H,18,21)(H,19,22)/t15-/m1/s1. The molecule has 2 heterocycles. The van der Waals surface area contributed by atoms with Crippen LogP contribution in [0.1, 0.15) is 25.7 Å². The van der Waals surface area contributed by atoms with E-state index in [0.29, 0.717) is 37.5 Å². The van der Waals surface area contributed by atoms with Gasteiger partial charge in [-0.1, -0.05) is 0 Å². The van der Waals surface area contributed by atoms with Crippen molar-refractivity contribution in [2.24, 2.45) is 0 Å². The number of benzene rings is 1. The average Bonchev–Trinajstić information content (AvgIpc) is 3.14. The van der Waals surface area contributed by atoms with E-state index >= 15 is 0 Å². The molecule has 2 N–H and O–H groups in total. The number of sulfonamides is 1. The van der Waals surface area contributed by atoms with E-state index in [9.17, 15) is 18.0 Å². The highest BCUT2D eigenvalue weighted by molar-refractivity contribution is 7.92. The molecule has 2 fully saturated rings. The van der Waals surface area contributed by atoms with Crippen LogP contribution in [0.15, 0.2) is 24.3 Å². The first-order chi connectivity index (χ1) is 12.5. The van der Waals surface area contributed by atoms with Crippen molar-refractivity contribution in [3.8, 4) is 0 Å². The summed E-state index contributed by atoms with van der Waals surface area (Å²) in [5.74, 6) is -1.33. The van der Waals surface area contributed by atoms with Crippen LogP contribution in [-0.2, 0) is 24.3 Å². The van der Waals surface area contributed by atoms with E-state index in [1.165, 1.54) is 4.31 Å². The third-order valence-electron chi connectivity index (χ3n) is 4.48. The highest BCUT2D eigenvalue weighted by atomic mass is 32.2. The first-order valence-corrected chi connectivity index (χ1v) is 10.4. The zero-order chi connectivity index (χ0) is 18.6. The molecule has 0 bridgehead atoms. The Morgan fingerprint density at radius 2 is 1.88 bits per heavy atom. The first-order valence-electron chi connectivity index (χ1n) is 8.77. The van der Waals surface area contributed by atoms with E-state index in [2.05, 4.69) is 10.6 Å². The van der Waals surface area contributed by atoms with Crippen LogP contribution in [-0.4, -0.2) is 51.8 Å². The molecular formula is C17H23N3O5S. The summed E-state index contributed by atoms with van der Waals surface area (Å²) in [6, 6.07) is 6.43. The summed E-state index contributed by atoms with van der Waals surface area (Å²) in [6.07, 6.45) is 3.31. The van der Waals surface area contributed by atoms with E-state index in [1.807, 2.05) is 0 Å². The van der Waals surface area contributed by atoms with Crippen LogP contribution in [0.3, 0.4) is 0 Å². The number of ether oxygens (including phenoxy) is 1. The monoisotopic (exact) mass is 381 g/mol. The van der Waals surface area contributed by atoms with Crippen molar-refractivity contribution in [3.63, 3.8) is 0 Å². The van der Waals surface area contributed by atoms with Gasteiger partial charge in [-0.3, -0.25) is 13.9 Å². The van der Waals surface area contributed by atoms with Crippen LogP contribution in [0.25, 0.3) is 0 Å². The summed E-state index contributed by atoms with van der Waals surface area (Å²) in [5.41, 5.74) is 0.992. The molecule has 0 radical (unpaired) electrons. The lowest BCUT2D eigenvalue weighted by Gasteiger charge is -2.28. The second kappa shape index (κ2) is 8.05.